The molecule has 3 atom stereocenters. The lowest BCUT2D eigenvalue weighted by atomic mass is 9.90. The van der Waals surface area contributed by atoms with Crippen molar-refractivity contribution in [3.05, 3.63) is 0 Å². The van der Waals surface area contributed by atoms with Crippen molar-refractivity contribution in [3.63, 3.8) is 0 Å². The van der Waals surface area contributed by atoms with Crippen molar-refractivity contribution in [2.75, 3.05) is 13.1 Å². The largest absolute Gasteiger partial charge is 0.480 e. The van der Waals surface area contributed by atoms with Gasteiger partial charge in [-0.15, -0.1) is 0 Å². The average molecular weight is 299 g/mol. The third kappa shape index (κ3) is 4.42. The normalized spacial score (nSPS) is 23.8. The highest BCUT2D eigenvalue weighted by atomic mass is 16.4. The van der Waals surface area contributed by atoms with Crippen LogP contribution in [0.1, 0.15) is 33.6 Å². The summed E-state index contributed by atoms with van der Waals surface area (Å²) in [5.74, 6) is -1.88. The Bertz CT molecular complexity index is 411. The predicted molar refractivity (Wildman–Crippen MR) is 77.4 cm³/mol. The molecule has 0 saturated carbocycles. The number of piperidine rings is 1. The summed E-state index contributed by atoms with van der Waals surface area (Å²) in [6.45, 7) is 5.66. The first-order chi connectivity index (χ1) is 9.75. The van der Waals surface area contributed by atoms with Gasteiger partial charge in [0.2, 0.25) is 11.8 Å². The van der Waals surface area contributed by atoms with Crippen LogP contribution in [0.25, 0.3) is 0 Å². The van der Waals surface area contributed by atoms with Crippen LogP contribution in [0.5, 0.6) is 0 Å². The van der Waals surface area contributed by atoms with Gasteiger partial charge in [-0.05, 0) is 24.7 Å². The third-order valence-electron chi connectivity index (χ3n) is 3.94. The molecule has 0 aliphatic carbocycles. The van der Waals surface area contributed by atoms with Gasteiger partial charge in [0.1, 0.15) is 6.04 Å². The van der Waals surface area contributed by atoms with Gasteiger partial charge in [-0.1, -0.05) is 20.8 Å². The first kappa shape index (κ1) is 17.4. The second-order valence-electron chi connectivity index (χ2n) is 5.98. The first-order valence-electron chi connectivity index (χ1n) is 7.31. The van der Waals surface area contributed by atoms with E-state index >= 15 is 0 Å². The lowest BCUT2D eigenvalue weighted by Crippen LogP contribution is -2.55. The topological polar surface area (TPSA) is 113 Å². The molecule has 4 N–H and O–H groups in total. The zero-order chi connectivity index (χ0) is 16.2. The van der Waals surface area contributed by atoms with E-state index in [0.29, 0.717) is 6.54 Å². The average Bonchev–Trinajstić information content (AvgIpc) is 2.42. The van der Waals surface area contributed by atoms with Crippen molar-refractivity contribution in [2.45, 2.75) is 45.7 Å². The van der Waals surface area contributed by atoms with Crippen molar-refractivity contribution >= 4 is 17.8 Å². The van der Waals surface area contributed by atoms with Crippen LogP contribution in [0.15, 0.2) is 0 Å². The van der Waals surface area contributed by atoms with Gasteiger partial charge in [-0.25, -0.2) is 4.79 Å². The van der Waals surface area contributed by atoms with Gasteiger partial charge >= 0.3 is 5.97 Å². The number of carboxylic acid groups (broad SMARTS) is 1. The van der Waals surface area contributed by atoms with E-state index in [1.807, 2.05) is 20.8 Å². The summed E-state index contributed by atoms with van der Waals surface area (Å²) in [4.78, 5) is 36.5. The maximum Gasteiger partial charge on any atom is 0.326 e. The number of hydrogen-bond acceptors (Lipinski definition) is 4. The van der Waals surface area contributed by atoms with Gasteiger partial charge in [0.25, 0.3) is 0 Å². The molecule has 0 radical (unpaired) electrons. The lowest BCUT2D eigenvalue weighted by Gasteiger charge is -2.37. The van der Waals surface area contributed by atoms with E-state index in [9.17, 15) is 19.5 Å². The Labute approximate surface area is 124 Å². The van der Waals surface area contributed by atoms with Crippen molar-refractivity contribution in [1.82, 2.24) is 10.2 Å². The van der Waals surface area contributed by atoms with Crippen LogP contribution < -0.4 is 11.1 Å². The minimum Gasteiger partial charge on any atom is -0.480 e. The summed E-state index contributed by atoms with van der Waals surface area (Å²) in [6.07, 6.45) is 1.56. The number of hydrogen-bond donors (Lipinski definition) is 3. The number of carbonyl (C=O) groups is 3. The molecule has 7 heteroatoms. The van der Waals surface area contributed by atoms with Crippen LogP contribution >= 0.6 is 0 Å². The number of nitrogens with zero attached hydrogens (tertiary/aromatic N) is 1. The van der Waals surface area contributed by atoms with E-state index in [0.717, 1.165) is 12.8 Å². The molecule has 0 aromatic carbocycles. The van der Waals surface area contributed by atoms with Gasteiger partial charge < -0.3 is 21.1 Å². The van der Waals surface area contributed by atoms with Crippen LogP contribution in [0, 0.1) is 11.8 Å². The highest BCUT2D eigenvalue weighted by Gasteiger charge is 2.36. The smallest absolute Gasteiger partial charge is 0.326 e. The van der Waals surface area contributed by atoms with Crippen molar-refractivity contribution < 1.29 is 19.5 Å². The summed E-state index contributed by atoms with van der Waals surface area (Å²) in [5, 5.41) is 11.8. The molecule has 0 bridgehead atoms. The number of aliphatic carboxylic acids is 1. The van der Waals surface area contributed by atoms with Gasteiger partial charge in [0.15, 0.2) is 0 Å². The summed E-state index contributed by atoms with van der Waals surface area (Å²) in [6, 6.07) is -1.49. The Hall–Kier alpha value is -1.63. The number of carbonyl (C=O) groups excluding carboxylic acids is 2. The van der Waals surface area contributed by atoms with E-state index < -0.39 is 24.0 Å². The van der Waals surface area contributed by atoms with E-state index in [2.05, 4.69) is 5.32 Å². The van der Waals surface area contributed by atoms with Crippen LogP contribution in [0.4, 0.5) is 0 Å². The predicted octanol–water partition coefficient (Wildman–Crippen LogP) is -0.202. The molecule has 1 rings (SSSR count). The van der Waals surface area contributed by atoms with Crippen LogP contribution in [-0.2, 0) is 14.4 Å². The molecule has 21 heavy (non-hydrogen) atoms. The maximum atomic E-state index is 12.2. The Kier molecular flexibility index (Phi) is 6.14. The first-order valence-corrected chi connectivity index (χ1v) is 7.31. The zero-order valence-electron chi connectivity index (χ0n) is 12.8. The quantitative estimate of drug-likeness (QED) is 0.650. The number of carboxylic acids is 1. The van der Waals surface area contributed by atoms with Crippen molar-refractivity contribution in [2.24, 2.45) is 17.6 Å². The van der Waals surface area contributed by atoms with Gasteiger partial charge in [-0.3, -0.25) is 9.59 Å². The molecule has 1 aliphatic rings. The molecule has 7 nitrogen and oxygen atoms in total. The molecule has 2 amide bonds. The fourth-order valence-corrected chi connectivity index (χ4v) is 2.53. The standard InChI is InChI=1S/C14H25N3O4/c1-8(2)11(15)13(19)16-7-10(18)17-6-4-5-9(3)12(17)14(20)21/h8-9,11-12H,4-7,15H2,1-3H3,(H,16,19)(H,20,21)/t9?,11-,12?/m0/s1. The Morgan fingerprint density at radius 2 is 2.00 bits per heavy atom. The highest BCUT2D eigenvalue weighted by molar-refractivity contribution is 5.89. The Balaban J connectivity index is 2.61. The second-order valence-corrected chi connectivity index (χ2v) is 5.98. The number of rotatable bonds is 5. The summed E-state index contributed by atoms with van der Waals surface area (Å²) < 4.78 is 0. The minimum atomic E-state index is -0.999. The molecule has 120 valence electrons. The Morgan fingerprint density at radius 1 is 1.38 bits per heavy atom. The zero-order valence-corrected chi connectivity index (χ0v) is 12.8. The number of amides is 2. The molecule has 1 fully saturated rings. The fourth-order valence-electron chi connectivity index (χ4n) is 2.53. The number of likely N-dealkylation sites (tertiary alicyclic amines) is 1. The minimum absolute atomic E-state index is 0.0260. The van der Waals surface area contributed by atoms with Crippen LogP contribution in [0.3, 0.4) is 0 Å². The van der Waals surface area contributed by atoms with E-state index in [4.69, 9.17) is 5.73 Å². The van der Waals surface area contributed by atoms with Crippen LogP contribution in [-0.4, -0.2) is 53.0 Å². The third-order valence-corrected chi connectivity index (χ3v) is 3.94. The fraction of sp³-hybridized carbons (Fsp3) is 0.786. The van der Waals surface area contributed by atoms with Crippen molar-refractivity contribution in [1.29, 1.82) is 0 Å². The molecular formula is C14H25N3O4. The molecule has 0 aromatic rings. The molecule has 1 saturated heterocycles. The number of nitrogens with two attached hydrogens (primary N) is 1. The van der Waals surface area contributed by atoms with Gasteiger partial charge in [0, 0.05) is 6.54 Å². The molecule has 2 unspecified atom stereocenters. The van der Waals surface area contributed by atoms with Gasteiger partial charge in [-0.2, -0.15) is 0 Å². The SMILES string of the molecule is CC1CCCN(C(=O)CNC(=O)[C@@H](N)C(C)C)C1C(=O)O. The summed E-state index contributed by atoms with van der Waals surface area (Å²) >= 11 is 0. The van der Waals surface area contributed by atoms with Gasteiger partial charge in [0.05, 0.1) is 12.6 Å². The number of nitrogens with one attached hydrogen (secondary N) is 1. The molecular weight excluding hydrogens is 274 g/mol. The molecule has 0 aromatic heterocycles. The van der Waals surface area contributed by atoms with Crippen molar-refractivity contribution in [3.8, 4) is 0 Å². The maximum absolute atomic E-state index is 12.2. The lowest BCUT2D eigenvalue weighted by molar-refractivity contribution is -0.154. The Morgan fingerprint density at radius 3 is 2.52 bits per heavy atom. The molecule has 1 aliphatic heterocycles. The van der Waals surface area contributed by atoms with E-state index in [-0.39, 0.29) is 24.3 Å². The molecule has 1 heterocycles. The van der Waals surface area contributed by atoms with E-state index in [1.165, 1.54) is 4.90 Å². The summed E-state index contributed by atoms with van der Waals surface area (Å²) in [7, 11) is 0. The van der Waals surface area contributed by atoms with E-state index in [1.54, 1.807) is 0 Å². The molecule has 0 spiro atoms. The second kappa shape index (κ2) is 7.40. The van der Waals surface area contributed by atoms with Crippen LogP contribution in [0.2, 0.25) is 0 Å². The monoisotopic (exact) mass is 299 g/mol. The highest BCUT2D eigenvalue weighted by Crippen LogP contribution is 2.23. The summed E-state index contributed by atoms with van der Waals surface area (Å²) in [5.41, 5.74) is 5.69.